The summed E-state index contributed by atoms with van der Waals surface area (Å²) in [6.45, 7) is 2.06. The highest BCUT2D eigenvalue weighted by Gasteiger charge is 2.30. The van der Waals surface area contributed by atoms with Gasteiger partial charge in [-0.3, -0.25) is 4.79 Å². The van der Waals surface area contributed by atoms with Crippen LogP contribution in [0.1, 0.15) is 40.7 Å². The number of pyridine rings is 2. The molecule has 1 aliphatic heterocycles. The summed E-state index contributed by atoms with van der Waals surface area (Å²) >= 11 is 0. The van der Waals surface area contributed by atoms with Crippen molar-refractivity contribution in [3.63, 3.8) is 0 Å². The number of likely N-dealkylation sites (tertiary alicyclic amines) is 1. The van der Waals surface area contributed by atoms with Crippen LogP contribution in [0.15, 0.2) is 60.9 Å². The van der Waals surface area contributed by atoms with E-state index in [1.807, 2.05) is 12.1 Å². The zero-order chi connectivity index (χ0) is 25.5. The second kappa shape index (κ2) is 11.4. The van der Waals surface area contributed by atoms with Crippen molar-refractivity contribution >= 4 is 17.4 Å². The molecule has 1 saturated heterocycles. The highest BCUT2D eigenvalue weighted by Crippen LogP contribution is 2.31. The van der Waals surface area contributed by atoms with Gasteiger partial charge in [-0.2, -0.15) is 13.2 Å². The minimum absolute atomic E-state index is 0.0457. The second-order valence-electron chi connectivity index (χ2n) is 8.70. The zero-order valence-electron chi connectivity index (χ0n) is 19.9. The highest BCUT2D eigenvalue weighted by molar-refractivity contribution is 6.07. The Kier molecular flexibility index (Phi) is 8.04. The molecule has 1 atom stereocenters. The van der Waals surface area contributed by atoms with Crippen molar-refractivity contribution in [3.8, 4) is 5.88 Å². The van der Waals surface area contributed by atoms with Gasteiger partial charge >= 0.3 is 6.18 Å². The molecule has 3 aromatic rings. The standard InChI is InChI=1S/C26H28F3N5O2/c1-34-13-4-7-21(34)10-14-36-23-15-18(9-12-30-23)17-32-24-22(8-3-11-31-24)25(35)33-20-6-2-5-19(16-20)26(27,28)29/h2-3,5-6,8-9,11-12,15-16,21H,4,7,10,13-14,17H2,1H3,(H,31,32)(H,33,35). The summed E-state index contributed by atoms with van der Waals surface area (Å²) in [5.41, 5.74) is 0.300. The number of hydrogen-bond acceptors (Lipinski definition) is 6. The number of amides is 1. The van der Waals surface area contributed by atoms with Gasteiger partial charge in [-0.25, -0.2) is 9.97 Å². The first-order valence-corrected chi connectivity index (χ1v) is 11.7. The number of carbonyl (C=O) groups excluding carboxylic acids is 1. The fourth-order valence-corrected chi connectivity index (χ4v) is 4.17. The molecule has 2 aromatic heterocycles. The summed E-state index contributed by atoms with van der Waals surface area (Å²) in [5.74, 6) is 0.268. The summed E-state index contributed by atoms with van der Waals surface area (Å²) in [6.07, 6.45) is 2.04. The first-order chi connectivity index (χ1) is 17.3. The van der Waals surface area contributed by atoms with Crippen molar-refractivity contribution < 1.29 is 22.7 Å². The minimum atomic E-state index is -4.50. The number of nitrogens with one attached hydrogen (secondary N) is 2. The molecule has 2 N–H and O–H groups in total. The molecule has 0 aliphatic carbocycles. The molecule has 1 aliphatic rings. The Morgan fingerprint density at radius 2 is 2.00 bits per heavy atom. The van der Waals surface area contributed by atoms with Crippen molar-refractivity contribution in [2.75, 3.05) is 30.8 Å². The van der Waals surface area contributed by atoms with E-state index in [1.165, 1.54) is 31.2 Å². The number of aromatic nitrogens is 2. The van der Waals surface area contributed by atoms with E-state index in [-0.39, 0.29) is 11.3 Å². The van der Waals surface area contributed by atoms with Crippen LogP contribution in [-0.2, 0) is 12.7 Å². The van der Waals surface area contributed by atoms with E-state index in [2.05, 4.69) is 32.5 Å². The van der Waals surface area contributed by atoms with Gasteiger partial charge in [0.25, 0.3) is 5.91 Å². The third-order valence-electron chi connectivity index (χ3n) is 6.13. The Hall–Kier alpha value is -3.66. The van der Waals surface area contributed by atoms with Gasteiger partial charge < -0.3 is 20.3 Å². The van der Waals surface area contributed by atoms with Gasteiger partial charge in [0.2, 0.25) is 5.88 Å². The van der Waals surface area contributed by atoms with Gasteiger partial charge in [-0.05, 0) is 74.8 Å². The summed E-state index contributed by atoms with van der Waals surface area (Å²) in [7, 11) is 2.13. The molecule has 0 radical (unpaired) electrons. The van der Waals surface area contributed by atoms with Gasteiger partial charge in [-0.15, -0.1) is 0 Å². The third-order valence-corrected chi connectivity index (χ3v) is 6.13. The summed E-state index contributed by atoms with van der Waals surface area (Å²) in [4.78, 5) is 23.7. The van der Waals surface area contributed by atoms with Crippen molar-refractivity contribution in [1.82, 2.24) is 14.9 Å². The maximum atomic E-state index is 13.0. The molecule has 1 aromatic carbocycles. The lowest BCUT2D eigenvalue weighted by Crippen LogP contribution is -2.26. The maximum absolute atomic E-state index is 13.0. The van der Waals surface area contributed by atoms with Crippen molar-refractivity contribution in [1.29, 1.82) is 0 Å². The molecule has 0 bridgehead atoms. The molecular formula is C26H28F3N5O2. The van der Waals surface area contributed by atoms with E-state index in [0.717, 1.165) is 30.7 Å². The maximum Gasteiger partial charge on any atom is 0.416 e. The van der Waals surface area contributed by atoms with Crippen molar-refractivity contribution in [2.24, 2.45) is 0 Å². The normalized spacial score (nSPS) is 16.1. The number of alkyl halides is 3. The van der Waals surface area contributed by atoms with Crippen LogP contribution < -0.4 is 15.4 Å². The SMILES string of the molecule is CN1CCCC1CCOc1cc(CNc2ncccc2C(=O)Nc2cccc(C(F)(F)F)c2)ccn1. The molecular weight excluding hydrogens is 471 g/mol. The molecule has 1 fully saturated rings. The largest absolute Gasteiger partial charge is 0.478 e. The summed E-state index contributed by atoms with van der Waals surface area (Å²) < 4.78 is 44.8. The van der Waals surface area contributed by atoms with E-state index < -0.39 is 17.6 Å². The Bertz CT molecular complexity index is 1190. The van der Waals surface area contributed by atoms with E-state index >= 15 is 0 Å². The molecule has 4 rings (SSSR count). The topological polar surface area (TPSA) is 79.4 Å². The number of carbonyl (C=O) groups is 1. The quantitative estimate of drug-likeness (QED) is 0.420. The average Bonchev–Trinajstić information content (AvgIpc) is 3.27. The molecule has 10 heteroatoms. The molecule has 0 saturated carbocycles. The Morgan fingerprint density at radius 3 is 2.78 bits per heavy atom. The molecule has 36 heavy (non-hydrogen) atoms. The van der Waals surface area contributed by atoms with E-state index in [0.29, 0.717) is 30.9 Å². The molecule has 3 heterocycles. The summed E-state index contributed by atoms with van der Waals surface area (Å²) in [6, 6.07) is 11.8. The third kappa shape index (κ3) is 6.72. The Balaban J connectivity index is 1.36. The van der Waals surface area contributed by atoms with Gasteiger partial charge in [0.15, 0.2) is 0 Å². The predicted octanol–water partition coefficient (Wildman–Crippen LogP) is 5.22. The monoisotopic (exact) mass is 499 g/mol. The van der Waals surface area contributed by atoms with Gasteiger partial charge in [0, 0.05) is 36.7 Å². The number of benzene rings is 1. The highest BCUT2D eigenvalue weighted by atomic mass is 19.4. The fourth-order valence-electron chi connectivity index (χ4n) is 4.17. The molecule has 7 nitrogen and oxygen atoms in total. The first kappa shape index (κ1) is 25.4. The van der Waals surface area contributed by atoms with E-state index in [9.17, 15) is 18.0 Å². The fraction of sp³-hybridized carbons (Fsp3) is 0.346. The Labute approximate surface area is 207 Å². The second-order valence-corrected chi connectivity index (χ2v) is 8.70. The number of nitrogens with zero attached hydrogens (tertiary/aromatic N) is 3. The molecule has 190 valence electrons. The van der Waals surface area contributed by atoms with Gasteiger partial charge in [0.05, 0.1) is 17.7 Å². The van der Waals surface area contributed by atoms with Crippen molar-refractivity contribution in [2.45, 2.75) is 38.0 Å². The molecule has 1 unspecified atom stereocenters. The number of halogens is 3. The number of hydrogen-bond donors (Lipinski definition) is 2. The molecule has 1 amide bonds. The number of ether oxygens (including phenoxy) is 1. The average molecular weight is 500 g/mol. The van der Waals surface area contributed by atoms with Crippen LogP contribution >= 0.6 is 0 Å². The van der Waals surface area contributed by atoms with Gasteiger partial charge in [0.1, 0.15) is 5.82 Å². The smallest absolute Gasteiger partial charge is 0.416 e. The zero-order valence-corrected chi connectivity index (χ0v) is 19.9. The van der Waals surface area contributed by atoms with Crippen LogP contribution in [0.5, 0.6) is 5.88 Å². The minimum Gasteiger partial charge on any atom is -0.478 e. The van der Waals surface area contributed by atoms with Crippen molar-refractivity contribution in [3.05, 3.63) is 77.6 Å². The van der Waals surface area contributed by atoms with E-state index in [1.54, 1.807) is 18.3 Å². The van der Waals surface area contributed by atoms with Crippen LogP contribution in [0.25, 0.3) is 0 Å². The number of rotatable bonds is 9. The lowest BCUT2D eigenvalue weighted by molar-refractivity contribution is -0.137. The van der Waals surface area contributed by atoms with Gasteiger partial charge in [-0.1, -0.05) is 6.07 Å². The summed E-state index contributed by atoms with van der Waals surface area (Å²) in [5, 5.41) is 5.64. The van der Waals surface area contributed by atoms with Crippen LogP contribution in [0.2, 0.25) is 0 Å². The van der Waals surface area contributed by atoms with Crippen LogP contribution in [0.3, 0.4) is 0 Å². The first-order valence-electron chi connectivity index (χ1n) is 11.7. The lowest BCUT2D eigenvalue weighted by Gasteiger charge is -2.19. The number of anilines is 2. The predicted molar refractivity (Wildman–Crippen MR) is 131 cm³/mol. The van der Waals surface area contributed by atoms with Crippen LogP contribution in [-0.4, -0.2) is 47.0 Å². The van der Waals surface area contributed by atoms with Crippen LogP contribution in [0, 0.1) is 0 Å². The lowest BCUT2D eigenvalue weighted by atomic mass is 10.1. The Morgan fingerprint density at radius 1 is 1.14 bits per heavy atom. The van der Waals surface area contributed by atoms with Crippen LogP contribution in [0.4, 0.5) is 24.7 Å². The van der Waals surface area contributed by atoms with E-state index in [4.69, 9.17) is 4.74 Å². The molecule has 0 spiro atoms.